The number of nitrogens with zero attached hydrogens (tertiary/aromatic N) is 1. The predicted octanol–water partition coefficient (Wildman–Crippen LogP) is 2.89. The number of carbonyl (C=O) groups is 1. The van der Waals surface area contributed by atoms with Crippen LogP contribution in [0.5, 0.6) is 0 Å². The largest absolute Gasteiger partial charge is 0.368 e. The highest BCUT2D eigenvalue weighted by molar-refractivity contribution is 6.30. The van der Waals surface area contributed by atoms with Gasteiger partial charge in [0.25, 0.3) is 0 Å². The molecule has 0 aliphatic carbocycles. The van der Waals surface area contributed by atoms with E-state index in [0.29, 0.717) is 6.42 Å². The fourth-order valence-corrected chi connectivity index (χ4v) is 3.43. The Kier molecular flexibility index (Phi) is 4.70. The van der Waals surface area contributed by atoms with Crippen LogP contribution in [0.4, 0.5) is 4.39 Å². The van der Waals surface area contributed by atoms with Gasteiger partial charge >= 0.3 is 0 Å². The first-order chi connectivity index (χ1) is 10.6. The first-order valence-corrected chi connectivity index (χ1v) is 7.89. The molecule has 1 aliphatic heterocycles. The third-order valence-electron chi connectivity index (χ3n) is 4.29. The van der Waals surface area contributed by atoms with Crippen molar-refractivity contribution in [3.63, 3.8) is 0 Å². The average molecular weight is 338 g/mol. The van der Waals surface area contributed by atoms with Gasteiger partial charge in [0, 0.05) is 16.6 Å². The summed E-state index contributed by atoms with van der Waals surface area (Å²) >= 11 is 5.82. The fraction of sp³-hybridized carbons (Fsp3) is 0.529. The van der Waals surface area contributed by atoms with E-state index in [2.05, 4.69) is 11.4 Å². The minimum atomic E-state index is -1.15. The van der Waals surface area contributed by atoms with Gasteiger partial charge in [0.1, 0.15) is 11.2 Å². The van der Waals surface area contributed by atoms with Gasteiger partial charge in [0.15, 0.2) is 0 Å². The number of nitriles is 1. The van der Waals surface area contributed by atoms with Crippen LogP contribution >= 0.6 is 11.6 Å². The topological polar surface area (TPSA) is 78.9 Å². The molecular weight excluding hydrogens is 317 g/mol. The van der Waals surface area contributed by atoms with Gasteiger partial charge in [-0.05, 0) is 30.4 Å². The lowest BCUT2D eigenvalue weighted by Crippen LogP contribution is -2.44. The minimum Gasteiger partial charge on any atom is -0.368 e. The van der Waals surface area contributed by atoms with Crippen LogP contribution in [0.1, 0.15) is 39.2 Å². The first-order valence-electron chi connectivity index (χ1n) is 7.51. The van der Waals surface area contributed by atoms with Gasteiger partial charge < -0.3 is 11.1 Å². The molecule has 0 radical (unpaired) electrons. The van der Waals surface area contributed by atoms with Gasteiger partial charge in [-0.1, -0.05) is 38.4 Å². The molecule has 23 heavy (non-hydrogen) atoms. The molecule has 1 fully saturated rings. The van der Waals surface area contributed by atoms with Gasteiger partial charge in [-0.2, -0.15) is 5.26 Å². The number of primary amides is 1. The average Bonchev–Trinajstić information content (AvgIpc) is 2.76. The molecule has 0 spiro atoms. The molecule has 124 valence electrons. The molecular formula is C17H21ClFN3O. The van der Waals surface area contributed by atoms with E-state index in [-0.39, 0.29) is 28.5 Å². The molecule has 1 aromatic carbocycles. The second-order valence-electron chi connectivity index (χ2n) is 7.35. The molecule has 1 amide bonds. The summed E-state index contributed by atoms with van der Waals surface area (Å²) in [6.07, 6.45) is 0.755. The Morgan fingerprint density at radius 2 is 2.22 bits per heavy atom. The Labute approximate surface area is 140 Å². The van der Waals surface area contributed by atoms with Crippen molar-refractivity contribution in [1.29, 1.82) is 5.26 Å². The monoisotopic (exact) mass is 337 g/mol. The molecule has 1 aromatic rings. The number of hydrogen-bond donors (Lipinski definition) is 2. The lowest BCUT2D eigenvalue weighted by molar-refractivity contribution is -0.119. The molecule has 1 heterocycles. The van der Waals surface area contributed by atoms with Crippen molar-refractivity contribution in [2.24, 2.45) is 11.1 Å². The number of benzene rings is 1. The molecule has 6 heteroatoms. The van der Waals surface area contributed by atoms with Crippen molar-refractivity contribution in [3.05, 3.63) is 34.6 Å². The molecule has 4 nitrogen and oxygen atoms in total. The summed E-state index contributed by atoms with van der Waals surface area (Å²) in [5.74, 6) is -1.07. The van der Waals surface area contributed by atoms with E-state index in [9.17, 15) is 14.4 Å². The van der Waals surface area contributed by atoms with Gasteiger partial charge in [-0.25, -0.2) is 4.39 Å². The highest BCUT2D eigenvalue weighted by atomic mass is 35.5. The number of hydrogen-bond acceptors (Lipinski definition) is 3. The maximum atomic E-state index is 14.5. The third kappa shape index (κ3) is 3.49. The van der Waals surface area contributed by atoms with Crippen LogP contribution in [0, 0.1) is 22.6 Å². The van der Waals surface area contributed by atoms with Crippen molar-refractivity contribution in [1.82, 2.24) is 5.32 Å². The predicted molar refractivity (Wildman–Crippen MR) is 87.3 cm³/mol. The maximum Gasteiger partial charge on any atom is 0.234 e. The number of nitrogens with one attached hydrogen (secondary N) is 1. The van der Waals surface area contributed by atoms with Crippen molar-refractivity contribution in [2.45, 2.75) is 51.1 Å². The van der Waals surface area contributed by atoms with Gasteiger partial charge in [0.05, 0.1) is 12.1 Å². The highest BCUT2D eigenvalue weighted by Gasteiger charge is 2.52. The van der Waals surface area contributed by atoms with Crippen molar-refractivity contribution in [3.8, 4) is 6.07 Å². The number of amides is 1. The van der Waals surface area contributed by atoms with Crippen molar-refractivity contribution >= 4 is 17.5 Å². The zero-order chi connectivity index (χ0) is 17.4. The second kappa shape index (κ2) is 6.10. The van der Waals surface area contributed by atoms with E-state index in [0.717, 1.165) is 0 Å². The van der Waals surface area contributed by atoms with Crippen LogP contribution in [0.3, 0.4) is 0 Å². The summed E-state index contributed by atoms with van der Waals surface area (Å²) in [6.45, 7) is 6.10. The molecule has 1 saturated heterocycles. The number of carbonyl (C=O) groups excluding carboxylic acids is 1. The molecule has 0 aromatic heterocycles. The van der Waals surface area contributed by atoms with Crippen LogP contribution in [-0.4, -0.2) is 18.0 Å². The van der Waals surface area contributed by atoms with Crippen LogP contribution in [0.15, 0.2) is 18.2 Å². The third-order valence-corrected chi connectivity index (χ3v) is 4.53. The molecule has 3 unspecified atom stereocenters. The lowest BCUT2D eigenvalue weighted by Gasteiger charge is -2.33. The van der Waals surface area contributed by atoms with Crippen molar-refractivity contribution < 1.29 is 9.18 Å². The van der Waals surface area contributed by atoms with E-state index >= 15 is 0 Å². The van der Waals surface area contributed by atoms with Gasteiger partial charge in [0.2, 0.25) is 5.91 Å². The number of rotatable bonds is 3. The SMILES string of the molecule is CC(C)(C)CC1NC(C(N)=O)CC1(C#N)c1ccc(Cl)cc1F. The maximum absolute atomic E-state index is 14.5. The molecule has 2 rings (SSSR count). The van der Waals surface area contributed by atoms with E-state index in [1.165, 1.54) is 12.1 Å². The fourth-order valence-electron chi connectivity index (χ4n) is 3.27. The summed E-state index contributed by atoms with van der Waals surface area (Å²) in [4.78, 5) is 11.6. The summed E-state index contributed by atoms with van der Waals surface area (Å²) in [5, 5.41) is 13.3. The van der Waals surface area contributed by atoms with E-state index in [4.69, 9.17) is 17.3 Å². The van der Waals surface area contributed by atoms with Gasteiger partial charge in [-0.3, -0.25) is 4.79 Å². The highest BCUT2D eigenvalue weighted by Crippen LogP contribution is 2.43. The standard InChI is InChI=1S/C17H21ClFN3O/c1-16(2,3)8-14-17(9-20,7-13(22-14)15(21)23)11-5-4-10(18)6-12(11)19/h4-6,13-14,22H,7-8H2,1-3H3,(H2,21,23). The Balaban J connectivity index is 2.54. The molecule has 0 bridgehead atoms. The van der Waals surface area contributed by atoms with Crippen molar-refractivity contribution in [2.75, 3.05) is 0 Å². The van der Waals surface area contributed by atoms with Crippen LogP contribution in [0.2, 0.25) is 5.02 Å². The first kappa shape index (κ1) is 17.7. The van der Waals surface area contributed by atoms with Crippen LogP contribution in [-0.2, 0) is 10.2 Å². The number of halogens is 2. The van der Waals surface area contributed by atoms with Gasteiger partial charge in [-0.15, -0.1) is 0 Å². The normalized spacial score (nSPS) is 27.7. The summed E-state index contributed by atoms with van der Waals surface area (Å²) in [7, 11) is 0. The summed E-state index contributed by atoms with van der Waals surface area (Å²) < 4.78 is 14.5. The summed E-state index contributed by atoms with van der Waals surface area (Å²) in [5.41, 5.74) is 4.42. The Morgan fingerprint density at radius 1 is 1.57 bits per heavy atom. The van der Waals surface area contributed by atoms with E-state index in [1.807, 2.05) is 20.8 Å². The molecule has 3 atom stereocenters. The Hall–Kier alpha value is -1.64. The van der Waals surface area contributed by atoms with E-state index < -0.39 is 23.2 Å². The quantitative estimate of drug-likeness (QED) is 0.890. The van der Waals surface area contributed by atoms with E-state index in [1.54, 1.807) is 6.07 Å². The Bertz CT molecular complexity index is 665. The second-order valence-corrected chi connectivity index (χ2v) is 7.79. The minimum absolute atomic E-state index is 0.102. The molecule has 3 N–H and O–H groups in total. The summed E-state index contributed by atoms with van der Waals surface area (Å²) in [6, 6.07) is 5.51. The number of nitrogens with two attached hydrogens (primary N) is 1. The zero-order valence-corrected chi connectivity index (χ0v) is 14.2. The Morgan fingerprint density at radius 3 is 2.70 bits per heavy atom. The van der Waals surface area contributed by atoms with Crippen LogP contribution < -0.4 is 11.1 Å². The zero-order valence-electron chi connectivity index (χ0n) is 13.5. The van der Waals surface area contributed by atoms with Crippen LogP contribution in [0.25, 0.3) is 0 Å². The smallest absolute Gasteiger partial charge is 0.234 e. The molecule has 1 aliphatic rings. The molecule has 0 saturated carbocycles. The lowest BCUT2D eigenvalue weighted by atomic mass is 9.70.